The van der Waals surface area contributed by atoms with E-state index in [9.17, 15) is 22.7 Å². The van der Waals surface area contributed by atoms with Crippen LogP contribution in [0.5, 0.6) is 0 Å². The molecule has 0 amide bonds. The first kappa shape index (κ1) is 14.5. The molecule has 2 rings (SSSR count). The molecule has 2 aromatic carbocycles. The van der Waals surface area contributed by atoms with E-state index in [0.717, 1.165) is 23.8 Å². The SMILES string of the molecule is Cc1ccc(C(O)(c2cccc(F)c2)C(F)(F)F)cc1. The van der Waals surface area contributed by atoms with E-state index in [0.29, 0.717) is 6.07 Å². The van der Waals surface area contributed by atoms with Gasteiger partial charge in [-0.3, -0.25) is 0 Å². The van der Waals surface area contributed by atoms with Gasteiger partial charge in [-0.2, -0.15) is 13.2 Å². The largest absolute Gasteiger partial charge is 0.425 e. The van der Waals surface area contributed by atoms with Crippen LogP contribution in [0.15, 0.2) is 48.5 Å². The maximum atomic E-state index is 13.3. The predicted octanol–water partition coefficient (Wildman–Crippen LogP) is 3.93. The standard InChI is InChI=1S/C15H12F4O/c1-10-5-7-11(8-6-10)14(20,15(17,18)19)12-3-2-4-13(16)9-12/h2-9,20H,1H3. The quantitative estimate of drug-likeness (QED) is 0.828. The number of hydrogen-bond donors (Lipinski definition) is 1. The van der Waals surface area contributed by atoms with Gasteiger partial charge in [0.25, 0.3) is 0 Å². The minimum atomic E-state index is -4.96. The zero-order valence-corrected chi connectivity index (χ0v) is 10.6. The van der Waals surface area contributed by atoms with E-state index in [2.05, 4.69) is 0 Å². The predicted molar refractivity (Wildman–Crippen MR) is 66.6 cm³/mol. The maximum absolute atomic E-state index is 13.3. The Hall–Kier alpha value is -1.88. The Labute approximate surface area is 113 Å². The van der Waals surface area contributed by atoms with Crippen LogP contribution in [0.25, 0.3) is 0 Å². The van der Waals surface area contributed by atoms with Crippen molar-refractivity contribution in [1.82, 2.24) is 0 Å². The summed E-state index contributed by atoms with van der Waals surface area (Å²) in [7, 11) is 0. The minimum absolute atomic E-state index is 0.346. The number of rotatable bonds is 2. The van der Waals surface area contributed by atoms with Crippen molar-refractivity contribution in [3.8, 4) is 0 Å². The summed E-state index contributed by atoms with van der Waals surface area (Å²) in [6.45, 7) is 1.72. The molecule has 0 aliphatic rings. The van der Waals surface area contributed by atoms with Crippen LogP contribution in [-0.2, 0) is 5.60 Å². The van der Waals surface area contributed by atoms with Crippen LogP contribution in [-0.4, -0.2) is 11.3 Å². The molecule has 20 heavy (non-hydrogen) atoms. The highest BCUT2D eigenvalue weighted by Gasteiger charge is 2.56. The second-order valence-corrected chi connectivity index (χ2v) is 4.58. The lowest BCUT2D eigenvalue weighted by molar-refractivity contribution is -0.248. The van der Waals surface area contributed by atoms with Crippen molar-refractivity contribution >= 4 is 0 Å². The van der Waals surface area contributed by atoms with E-state index in [1.807, 2.05) is 0 Å². The number of alkyl halides is 3. The molecule has 2 aromatic rings. The fourth-order valence-electron chi connectivity index (χ4n) is 2.00. The summed E-state index contributed by atoms with van der Waals surface area (Å²) in [5.41, 5.74) is -3.37. The molecule has 0 fully saturated rings. The average Bonchev–Trinajstić information content (AvgIpc) is 2.37. The molecular formula is C15H12F4O. The Morgan fingerprint density at radius 2 is 1.50 bits per heavy atom. The molecule has 0 aliphatic heterocycles. The number of aliphatic hydroxyl groups is 1. The summed E-state index contributed by atoms with van der Waals surface area (Å²) >= 11 is 0. The lowest BCUT2D eigenvalue weighted by Crippen LogP contribution is -2.43. The van der Waals surface area contributed by atoms with Gasteiger partial charge in [0.05, 0.1) is 0 Å². The molecule has 0 bridgehead atoms. The van der Waals surface area contributed by atoms with Gasteiger partial charge in [0.15, 0.2) is 0 Å². The molecule has 0 saturated carbocycles. The molecule has 1 N–H and O–H groups in total. The molecule has 0 aliphatic carbocycles. The lowest BCUT2D eigenvalue weighted by atomic mass is 9.85. The lowest BCUT2D eigenvalue weighted by Gasteiger charge is -2.31. The van der Waals surface area contributed by atoms with E-state index in [4.69, 9.17) is 0 Å². The van der Waals surface area contributed by atoms with Crippen LogP contribution in [0.4, 0.5) is 17.6 Å². The third-order valence-electron chi connectivity index (χ3n) is 3.12. The van der Waals surface area contributed by atoms with Crippen LogP contribution in [0, 0.1) is 12.7 Å². The summed E-state index contributed by atoms with van der Waals surface area (Å²) in [6, 6.07) is 9.20. The van der Waals surface area contributed by atoms with E-state index < -0.39 is 23.2 Å². The molecular weight excluding hydrogens is 272 g/mol. The minimum Gasteiger partial charge on any atom is -0.372 e. The van der Waals surface area contributed by atoms with Crippen molar-refractivity contribution < 1.29 is 22.7 Å². The molecule has 106 valence electrons. The van der Waals surface area contributed by atoms with Crippen LogP contribution < -0.4 is 0 Å². The summed E-state index contributed by atoms with van der Waals surface area (Å²) in [5.74, 6) is -0.836. The summed E-state index contributed by atoms with van der Waals surface area (Å²) in [5, 5.41) is 10.2. The third-order valence-corrected chi connectivity index (χ3v) is 3.12. The van der Waals surface area contributed by atoms with E-state index in [1.165, 1.54) is 24.3 Å². The summed E-state index contributed by atoms with van der Waals surface area (Å²) in [4.78, 5) is 0. The first-order chi connectivity index (χ1) is 9.25. The second kappa shape index (κ2) is 4.90. The van der Waals surface area contributed by atoms with Crippen LogP contribution in [0.1, 0.15) is 16.7 Å². The fraction of sp³-hybridized carbons (Fsp3) is 0.200. The van der Waals surface area contributed by atoms with Gasteiger partial charge in [0, 0.05) is 5.56 Å². The third kappa shape index (κ3) is 2.41. The maximum Gasteiger partial charge on any atom is 0.425 e. The number of aryl methyl sites for hydroxylation is 1. The molecule has 1 nitrogen and oxygen atoms in total. The van der Waals surface area contributed by atoms with Gasteiger partial charge >= 0.3 is 6.18 Å². The van der Waals surface area contributed by atoms with Gasteiger partial charge in [-0.25, -0.2) is 4.39 Å². The monoisotopic (exact) mass is 284 g/mol. The summed E-state index contributed by atoms with van der Waals surface area (Å²) in [6.07, 6.45) is -4.96. The highest BCUT2D eigenvalue weighted by atomic mass is 19.4. The molecule has 5 heteroatoms. The fourth-order valence-corrected chi connectivity index (χ4v) is 2.00. The van der Waals surface area contributed by atoms with Crippen molar-refractivity contribution in [2.45, 2.75) is 18.7 Å². The zero-order valence-electron chi connectivity index (χ0n) is 10.6. The molecule has 0 aromatic heterocycles. The summed E-state index contributed by atoms with van der Waals surface area (Å²) < 4.78 is 53.2. The Morgan fingerprint density at radius 1 is 0.900 bits per heavy atom. The Balaban J connectivity index is 2.66. The smallest absolute Gasteiger partial charge is 0.372 e. The Morgan fingerprint density at radius 3 is 2.00 bits per heavy atom. The van der Waals surface area contributed by atoms with E-state index in [1.54, 1.807) is 6.92 Å². The highest BCUT2D eigenvalue weighted by Crippen LogP contribution is 2.44. The highest BCUT2D eigenvalue weighted by molar-refractivity contribution is 5.39. The van der Waals surface area contributed by atoms with Crippen LogP contribution in [0.3, 0.4) is 0 Å². The number of benzene rings is 2. The van der Waals surface area contributed by atoms with Crippen molar-refractivity contribution in [3.05, 3.63) is 71.0 Å². The Kier molecular flexibility index (Phi) is 3.56. The van der Waals surface area contributed by atoms with Gasteiger partial charge < -0.3 is 5.11 Å². The molecule has 1 unspecified atom stereocenters. The van der Waals surface area contributed by atoms with Gasteiger partial charge in [-0.15, -0.1) is 0 Å². The van der Waals surface area contributed by atoms with Crippen LogP contribution >= 0.6 is 0 Å². The normalized spacial score (nSPS) is 14.9. The molecule has 0 saturated heterocycles. The van der Waals surface area contributed by atoms with Crippen LogP contribution in [0.2, 0.25) is 0 Å². The van der Waals surface area contributed by atoms with Gasteiger partial charge in [-0.1, -0.05) is 42.0 Å². The average molecular weight is 284 g/mol. The molecule has 0 radical (unpaired) electrons. The number of hydrogen-bond acceptors (Lipinski definition) is 1. The molecule has 1 atom stereocenters. The Bertz CT molecular complexity index is 604. The van der Waals surface area contributed by atoms with Gasteiger partial charge in [0.1, 0.15) is 5.82 Å². The van der Waals surface area contributed by atoms with E-state index in [-0.39, 0.29) is 5.56 Å². The van der Waals surface area contributed by atoms with Gasteiger partial charge in [-0.05, 0) is 24.6 Å². The molecule has 0 heterocycles. The van der Waals surface area contributed by atoms with Gasteiger partial charge in [0.2, 0.25) is 5.60 Å². The first-order valence-electron chi connectivity index (χ1n) is 5.87. The molecule has 0 spiro atoms. The van der Waals surface area contributed by atoms with Crippen molar-refractivity contribution in [3.63, 3.8) is 0 Å². The van der Waals surface area contributed by atoms with Crippen molar-refractivity contribution in [1.29, 1.82) is 0 Å². The topological polar surface area (TPSA) is 20.2 Å². The number of halogens is 4. The zero-order chi connectivity index (χ0) is 15.0. The van der Waals surface area contributed by atoms with Crippen molar-refractivity contribution in [2.75, 3.05) is 0 Å². The van der Waals surface area contributed by atoms with Crippen molar-refractivity contribution in [2.24, 2.45) is 0 Å². The first-order valence-corrected chi connectivity index (χ1v) is 5.87. The second-order valence-electron chi connectivity index (χ2n) is 4.58. The van der Waals surface area contributed by atoms with E-state index >= 15 is 0 Å².